The number of nitrogens with zero attached hydrogens (tertiary/aromatic N) is 4. The van der Waals surface area contributed by atoms with E-state index in [0.717, 1.165) is 19.4 Å². The number of nitrogens with one attached hydrogen (secondary N) is 1. The second-order valence-electron chi connectivity index (χ2n) is 6.14. The van der Waals surface area contributed by atoms with Crippen molar-refractivity contribution in [3.05, 3.63) is 11.8 Å². The highest BCUT2D eigenvalue weighted by atomic mass is 32.3. The molecule has 132 valence electrons. The lowest BCUT2D eigenvalue weighted by molar-refractivity contribution is -0.0317. The van der Waals surface area contributed by atoms with Gasteiger partial charge in [-0.2, -0.15) is 13.5 Å². The molecule has 3 aliphatic heterocycles. The van der Waals surface area contributed by atoms with Gasteiger partial charge in [0.1, 0.15) is 6.04 Å². The summed E-state index contributed by atoms with van der Waals surface area (Å²) in [6, 6.07) is -1.46. The van der Waals surface area contributed by atoms with Crippen molar-refractivity contribution in [3.63, 3.8) is 0 Å². The minimum absolute atomic E-state index is 0.0382. The summed E-state index contributed by atoms with van der Waals surface area (Å²) in [5.74, 6) is 0.835. The Bertz CT molecular complexity index is 745. The second kappa shape index (κ2) is 5.65. The highest BCUT2D eigenvalue weighted by Gasteiger charge is 2.49. The summed E-state index contributed by atoms with van der Waals surface area (Å²) in [7, 11) is -4.75. The highest BCUT2D eigenvalue weighted by molar-refractivity contribution is 7.80. The van der Waals surface area contributed by atoms with Crippen molar-refractivity contribution >= 4 is 16.4 Å². The molecule has 24 heavy (non-hydrogen) atoms. The third-order valence-electron chi connectivity index (χ3n) is 4.60. The standard InChI is InChI=1S/C12H17N5O6S/c18-12-16-6-7(17(12)23-24(19,20)21)3-4-9(16)11-15-14-10(22-11)8-2-1-5-13-8/h7-9,13H,1-6H2,(H,19,20,21)/t7-,8+,9-/m1/s1. The number of aromatic nitrogens is 2. The Balaban J connectivity index is 1.53. The van der Waals surface area contributed by atoms with Crippen molar-refractivity contribution in [1.82, 2.24) is 25.5 Å². The molecule has 2 N–H and O–H groups in total. The van der Waals surface area contributed by atoms with Crippen LogP contribution in [0.2, 0.25) is 0 Å². The SMILES string of the molecule is O=C1N2C[C@@H](CC[C@@H]2c2nnc([C@@H]3CCCN3)o2)N1OS(=O)(=O)O. The van der Waals surface area contributed by atoms with Crippen LogP contribution in [0.5, 0.6) is 0 Å². The average molecular weight is 359 g/mol. The molecule has 0 spiro atoms. The fraction of sp³-hybridized carbons (Fsp3) is 0.750. The molecule has 0 unspecified atom stereocenters. The van der Waals surface area contributed by atoms with Gasteiger partial charge in [-0.3, -0.25) is 4.55 Å². The van der Waals surface area contributed by atoms with Crippen molar-refractivity contribution < 1.29 is 26.5 Å². The maximum absolute atomic E-state index is 12.4. The van der Waals surface area contributed by atoms with Crippen LogP contribution in [0.1, 0.15) is 49.5 Å². The number of hydroxylamine groups is 2. The molecule has 3 fully saturated rings. The molecule has 0 aromatic carbocycles. The summed E-state index contributed by atoms with van der Waals surface area (Å²) in [6.07, 6.45) is 3.01. The van der Waals surface area contributed by atoms with E-state index < -0.39 is 28.5 Å². The van der Waals surface area contributed by atoms with Crippen LogP contribution >= 0.6 is 0 Å². The molecule has 0 saturated carbocycles. The molecule has 1 aromatic heterocycles. The summed E-state index contributed by atoms with van der Waals surface area (Å²) < 4.78 is 40.7. The number of urea groups is 1. The first-order chi connectivity index (χ1) is 11.4. The van der Waals surface area contributed by atoms with Gasteiger partial charge >= 0.3 is 16.4 Å². The first-order valence-electron chi connectivity index (χ1n) is 7.76. The van der Waals surface area contributed by atoms with Gasteiger partial charge in [-0.1, -0.05) is 0 Å². The van der Waals surface area contributed by atoms with Gasteiger partial charge < -0.3 is 14.6 Å². The Hall–Kier alpha value is -1.76. The molecule has 12 heteroatoms. The molecule has 4 rings (SSSR count). The zero-order valence-corrected chi connectivity index (χ0v) is 13.5. The van der Waals surface area contributed by atoms with E-state index in [-0.39, 0.29) is 12.6 Å². The fourth-order valence-electron chi connectivity index (χ4n) is 3.51. The third-order valence-corrected chi connectivity index (χ3v) is 4.95. The van der Waals surface area contributed by atoms with E-state index in [9.17, 15) is 13.2 Å². The molecule has 0 aliphatic carbocycles. The Morgan fingerprint density at radius 2 is 2.04 bits per heavy atom. The van der Waals surface area contributed by atoms with E-state index in [1.165, 1.54) is 4.90 Å². The molecule has 2 amide bonds. The summed E-state index contributed by atoms with van der Waals surface area (Å²) in [5, 5.41) is 12.1. The predicted octanol–water partition coefficient (Wildman–Crippen LogP) is 0.170. The number of carbonyl (C=O) groups excluding carboxylic acids is 1. The van der Waals surface area contributed by atoms with E-state index in [2.05, 4.69) is 19.8 Å². The van der Waals surface area contributed by atoms with Crippen LogP contribution in [0.25, 0.3) is 0 Å². The third kappa shape index (κ3) is 2.75. The van der Waals surface area contributed by atoms with Crippen LogP contribution in [-0.4, -0.2) is 58.3 Å². The van der Waals surface area contributed by atoms with E-state index in [1.54, 1.807) is 0 Å². The molecule has 2 bridgehead atoms. The first-order valence-corrected chi connectivity index (χ1v) is 9.12. The number of fused-ring (bicyclic) bond motifs is 2. The normalized spacial score (nSPS) is 30.4. The van der Waals surface area contributed by atoms with Gasteiger partial charge in [0.2, 0.25) is 11.8 Å². The number of amides is 2. The quantitative estimate of drug-likeness (QED) is 0.720. The lowest BCUT2D eigenvalue weighted by Crippen LogP contribution is -2.35. The number of rotatable bonds is 4. The summed E-state index contributed by atoms with van der Waals surface area (Å²) in [5.41, 5.74) is 0. The highest BCUT2D eigenvalue weighted by Crippen LogP contribution is 2.38. The van der Waals surface area contributed by atoms with Crippen molar-refractivity contribution in [2.75, 3.05) is 13.1 Å². The van der Waals surface area contributed by atoms with Crippen LogP contribution in [0.3, 0.4) is 0 Å². The number of hydrogen-bond acceptors (Lipinski definition) is 8. The molecule has 4 heterocycles. The van der Waals surface area contributed by atoms with Gasteiger partial charge in [-0.25, -0.2) is 4.79 Å². The molecule has 3 saturated heterocycles. The van der Waals surface area contributed by atoms with Crippen LogP contribution in [0.15, 0.2) is 4.42 Å². The Labute approximate surface area is 137 Å². The summed E-state index contributed by atoms with van der Waals surface area (Å²) in [4.78, 5) is 13.8. The minimum atomic E-state index is -4.75. The topological polar surface area (TPSA) is 138 Å². The van der Waals surface area contributed by atoms with Gasteiger partial charge in [-0.15, -0.1) is 14.5 Å². The van der Waals surface area contributed by atoms with E-state index in [0.29, 0.717) is 29.7 Å². The predicted molar refractivity (Wildman–Crippen MR) is 76.6 cm³/mol. The van der Waals surface area contributed by atoms with E-state index in [4.69, 9.17) is 8.97 Å². The van der Waals surface area contributed by atoms with Gasteiger partial charge in [0.05, 0.1) is 12.1 Å². The fourth-order valence-corrected chi connectivity index (χ4v) is 3.89. The molecule has 11 nitrogen and oxygen atoms in total. The molecule has 0 radical (unpaired) electrons. The smallest absolute Gasteiger partial charge is 0.418 e. The summed E-state index contributed by atoms with van der Waals surface area (Å²) >= 11 is 0. The number of hydrogen-bond donors (Lipinski definition) is 2. The van der Waals surface area contributed by atoms with E-state index in [1.807, 2.05) is 0 Å². The Morgan fingerprint density at radius 1 is 1.25 bits per heavy atom. The molecule has 3 atom stereocenters. The lowest BCUT2D eigenvalue weighted by Gasteiger charge is -2.27. The minimum Gasteiger partial charge on any atom is -0.421 e. The summed E-state index contributed by atoms with van der Waals surface area (Å²) in [6.45, 7) is 1.18. The second-order valence-corrected chi connectivity index (χ2v) is 7.14. The zero-order chi connectivity index (χ0) is 16.9. The maximum Gasteiger partial charge on any atom is 0.418 e. The van der Waals surface area contributed by atoms with Crippen LogP contribution in [-0.2, 0) is 14.7 Å². The van der Waals surface area contributed by atoms with Crippen LogP contribution < -0.4 is 5.32 Å². The number of piperidine rings is 1. The lowest BCUT2D eigenvalue weighted by atomic mass is 10.0. The van der Waals surface area contributed by atoms with Gasteiger partial charge in [0.25, 0.3) is 0 Å². The van der Waals surface area contributed by atoms with Crippen molar-refractivity contribution in [2.45, 2.75) is 43.8 Å². The van der Waals surface area contributed by atoms with Gasteiger partial charge in [0.15, 0.2) is 0 Å². The Kier molecular flexibility index (Phi) is 3.71. The molecular weight excluding hydrogens is 342 g/mol. The van der Waals surface area contributed by atoms with Gasteiger partial charge in [0, 0.05) is 6.54 Å². The van der Waals surface area contributed by atoms with Crippen molar-refractivity contribution in [1.29, 1.82) is 0 Å². The van der Waals surface area contributed by atoms with Crippen molar-refractivity contribution in [3.8, 4) is 0 Å². The molecule has 3 aliphatic rings. The first kappa shape index (κ1) is 15.7. The monoisotopic (exact) mass is 359 g/mol. The Morgan fingerprint density at radius 3 is 2.75 bits per heavy atom. The molecular formula is C12H17N5O6S. The van der Waals surface area contributed by atoms with Crippen molar-refractivity contribution in [2.24, 2.45) is 0 Å². The van der Waals surface area contributed by atoms with Crippen LogP contribution in [0.4, 0.5) is 4.79 Å². The van der Waals surface area contributed by atoms with E-state index >= 15 is 0 Å². The van der Waals surface area contributed by atoms with Gasteiger partial charge in [-0.05, 0) is 32.2 Å². The largest absolute Gasteiger partial charge is 0.421 e. The van der Waals surface area contributed by atoms with Crippen LogP contribution in [0, 0.1) is 0 Å². The zero-order valence-electron chi connectivity index (χ0n) is 12.7. The maximum atomic E-state index is 12.4. The number of carbonyl (C=O) groups is 1. The average Bonchev–Trinajstić information content (AvgIpc) is 3.24. The molecule has 1 aromatic rings.